The number of hydrogen-bond acceptors (Lipinski definition) is 7. The van der Waals surface area contributed by atoms with E-state index < -0.39 is 0 Å². The number of nitrogens with one attached hydrogen (secondary N) is 1. The van der Waals surface area contributed by atoms with E-state index in [1.165, 1.54) is 0 Å². The fourth-order valence-corrected chi connectivity index (χ4v) is 1.56. The molecule has 0 aromatic carbocycles. The first-order valence-electron chi connectivity index (χ1n) is 6.53. The molecule has 0 aliphatic rings. The van der Waals surface area contributed by atoms with Gasteiger partial charge in [-0.05, 0) is 6.42 Å². The second kappa shape index (κ2) is 7.22. The van der Waals surface area contributed by atoms with Crippen LogP contribution in [0.3, 0.4) is 0 Å². The second-order valence-corrected chi connectivity index (χ2v) is 4.21. The minimum atomic E-state index is 0.218. The first-order chi connectivity index (χ1) is 9.79. The lowest BCUT2D eigenvalue weighted by Gasteiger charge is -2.11. The van der Waals surface area contributed by atoms with Gasteiger partial charge in [0.25, 0.3) is 0 Å². The third-order valence-corrected chi connectivity index (χ3v) is 2.59. The molecule has 2 aromatic heterocycles. The van der Waals surface area contributed by atoms with Crippen molar-refractivity contribution in [1.29, 1.82) is 0 Å². The maximum Gasteiger partial charge on any atom is 0.222 e. The molecule has 0 radical (unpaired) electrons. The quantitative estimate of drug-likeness (QED) is 0.740. The molecule has 2 aromatic rings. The van der Waals surface area contributed by atoms with Crippen LogP contribution in [-0.2, 0) is 6.61 Å². The van der Waals surface area contributed by atoms with E-state index in [4.69, 9.17) is 10.5 Å². The van der Waals surface area contributed by atoms with E-state index in [1.54, 1.807) is 24.8 Å². The molecule has 2 rings (SSSR count). The van der Waals surface area contributed by atoms with Gasteiger partial charge in [0.15, 0.2) is 11.6 Å². The number of ether oxygens (including phenoxy) is 1. The van der Waals surface area contributed by atoms with E-state index in [0.717, 1.165) is 25.1 Å². The molecule has 20 heavy (non-hydrogen) atoms. The Morgan fingerprint density at radius 1 is 1.25 bits per heavy atom. The van der Waals surface area contributed by atoms with E-state index in [0.29, 0.717) is 18.2 Å². The fraction of sp³-hybridized carbons (Fsp3) is 0.385. The van der Waals surface area contributed by atoms with E-state index in [1.807, 2.05) is 0 Å². The molecule has 0 amide bonds. The Labute approximate surface area is 117 Å². The van der Waals surface area contributed by atoms with Gasteiger partial charge in [0.2, 0.25) is 5.95 Å². The van der Waals surface area contributed by atoms with Crippen LogP contribution in [0.25, 0.3) is 0 Å². The number of anilines is 2. The van der Waals surface area contributed by atoms with Crippen LogP contribution in [0, 0.1) is 0 Å². The van der Waals surface area contributed by atoms with Gasteiger partial charge >= 0.3 is 0 Å². The Morgan fingerprint density at radius 2 is 2.15 bits per heavy atom. The van der Waals surface area contributed by atoms with E-state index in [-0.39, 0.29) is 5.95 Å². The van der Waals surface area contributed by atoms with Crippen LogP contribution in [0.5, 0.6) is 5.75 Å². The summed E-state index contributed by atoms with van der Waals surface area (Å²) < 4.78 is 5.66. The maximum absolute atomic E-state index is 5.66. The van der Waals surface area contributed by atoms with Gasteiger partial charge in [-0.1, -0.05) is 13.3 Å². The van der Waals surface area contributed by atoms with Crippen molar-refractivity contribution in [2.45, 2.75) is 26.4 Å². The van der Waals surface area contributed by atoms with Crippen LogP contribution >= 0.6 is 0 Å². The average molecular weight is 274 g/mol. The molecule has 0 spiro atoms. The zero-order valence-electron chi connectivity index (χ0n) is 11.4. The minimum Gasteiger partial charge on any atom is -0.482 e. The maximum atomic E-state index is 5.66. The summed E-state index contributed by atoms with van der Waals surface area (Å²) in [7, 11) is 0. The number of nitrogens with zero attached hydrogens (tertiary/aromatic N) is 4. The molecule has 0 fully saturated rings. The lowest BCUT2D eigenvalue weighted by Crippen LogP contribution is -2.09. The number of unbranched alkanes of at least 4 members (excludes halogenated alkanes) is 1. The van der Waals surface area contributed by atoms with Gasteiger partial charge in [0.1, 0.15) is 6.61 Å². The van der Waals surface area contributed by atoms with Crippen molar-refractivity contribution < 1.29 is 4.74 Å². The second-order valence-electron chi connectivity index (χ2n) is 4.21. The van der Waals surface area contributed by atoms with Crippen LogP contribution in [0.1, 0.15) is 25.5 Å². The summed E-state index contributed by atoms with van der Waals surface area (Å²) in [6.45, 7) is 3.25. The highest BCUT2D eigenvalue weighted by molar-refractivity contribution is 5.51. The predicted octanol–water partition coefficient (Wildman–Crippen LogP) is 1.64. The number of hydrogen-bond donors (Lipinski definition) is 2. The summed E-state index contributed by atoms with van der Waals surface area (Å²) in [4.78, 5) is 16.2. The molecule has 2 heterocycles. The van der Waals surface area contributed by atoms with Crippen molar-refractivity contribution in [3.63, 3.8) is 0 Å². The summed E-state index contributed by atoms with van der Waals surface area (Å²) in [5, 5.41) is 3.20. The Kier molecular flexibility index (Phi) is 5.05. The lowest BCUT2D eigenvalue weighted by atomic mass is 10.3. The van der Waals surface area contributed by atoms with Gasteiger partial charge in [-0.15, -0.1) is 0 Å². The van der Waals surface area contributed by atoms with Crippen molar-refractivity contribution in [1.82, 2.24) is 19.9 Å². The number of nitrogens with two attached hydrogens (primary N) is 1. The smallest absolute Gasteiger partial charge is 0.222 e. The van der Waals surface area contributed by atoms with Crippen molar-refractivity contribution in [2.75, 3.05) is 17.6 Å². The molecule has 3 N–H and O–H groups in total. The number of aromatic nitrogens is 4. The molecule has 0 bridgehead atoms. The summed E-state index contributed by atoms with van der Waals surface area (Å²) >= 11 is 0. The van der Waals surface area contributed by atoms with Crippen molar-refractivity contribution in [3.05, 3.63) is 30.5 Å². The molecule has 106 valence electrons. The SMILES string of the molecule is CCCCNc1nc(N)ncc1OCc1cnccn1. The normalized spacial score (nSPS) is 10.2. The molecule has 0 saturated heterocycles. The fourth-order valence-electron chi connectivity index (χ4n) is 1.56. The zero-order valence-corrected chi connectivity index (χ0v) is 11.4. The van der Waals surface area contributed by atoms with Crippen molar-refractivity contribution in [2.24, 2.45) is 0 Å². The van der Waals surface area contributed by atoms with Gasteiger partial charge in [-0.25, -0.2) is 4.98 Å². The monoisotopic (exact) mass is 274 g/mol. The first kappa shape index (κ1) is 14.0. The van der Waals surface area contributed by atoms with Crippen LogP contribution in [0.15, 0.2) is 24.8 Å². The van der Waals surface area contributed by atoms with Gasteiger partial charge in [-0.2, -0.15) is 4.98 Å². The molecule has 0 unspecified atom stereocenters. The van der Waals surface area contributed by atoms with E-state index in [2.05, 4.69) is 32.2 Å². The summed E-state index contributed by atoms with van der Waals surface area (Å²) in [6.07, 6.45) is 8.61. The highest BCUT2D eigenvalue weighted by atomic mass is 16.5. The average Bonchev–Trinajstić information content (AvgIpc) is 2.48. The minimum absolute atomic E-state index is 0.218. The van der Waals surface area contributed by atoms with E-state index >= 15 is 0 Å². The lowest BCUT2D eigenvalue weighted by molar-refractivity contribution is 0.300. The highest BCUT2D eigenvalue weighted by Gasteiger charge is 2.07. The standard InChI is InChI=1S/C13H18N6O/c1-2-3-4-17-12-11(8-18-13(14)19-12)20-9-10-7-15-5-6-16-10/h5-8H,2-4,9H2,1H3,(H3,14,17,18,19). The Hall–Kier alpha value is -2.44. The predicted molar refractivity (Wildman–Crippen MR) is 76.2 cm³/mol. The van der Waals surface area contributed by atoms with Crippen LogP contribution in [-0.4, -0.2) is 26.5 Å². The zero-order chi connectivity index (χ0) is 14.2. The molecule has 0 atom stereocenters. The van der Waals surface area contributed by atoms with Gasteiger partial charge < -0.3 is 15.8 Å². The van der Waals surface area contributed by atoms with Crippen LogP contribution in [0.2, 0.25) is 0 Å². The Bertz CT molecular complexity index is 534. The Balaban J connectivity index is 2.02. The third kappa shape index (κ3) is 4.04. The van der Waals surface area contributed by atoms with Crippen LogP contribution < -0.4 is 15.8 Å². The van der Waals surface area contributed by atoms with E-state index in [9.17, 15) is 0 Å². The number of nitrogen functional groups attached to an aromatic ring is 1. The third-order valence-electron chi connectivity index (χ3n) is 2.59. The topological polar surface area (TPSA) is 98.8 Å². The van der Waals surface area contributed by atoms with Crippen molar-refractivity contribution in [3.8, 4) is 5.75 Å². The summed E-state index contributed by atoms with van der Waals surface area (Å²) in [5.41, 5.74) is 6.34. The first-order valence-corrected chi connectivity index (χ1v) is 6.53. The summed E-state index contributed by atoms with van der Waals surface area (Å²) in [5.74, 6) is 1.38. The largest absolute Gasteiger partial charge is 0.482 e. The molecule has 0 aliphatic carbocycles. The van der Waals surface area contributed by atoms with Gasteiger partial charge in [0, 0.05) is 18.9 Å². The molecular formula is C13H18N6O. The molecule has 7 nitrogen and oxygen atoms in total. The van der Waals surface area contributed by atoms with Crippen LogP contribution in [0.4, 0.5) is 11.8 Å². The molecular weight excluding hydrogens is 256 g/mol. The summed E-state index contributed by atoms with van der Waals surface area (Å²) in [6, 6.07) is 0. The number of rotatable bonds is 7. The van der Waals surface area contributed by atoms with Crippen molar-refractivity contribution >= 4 is 11.8 Å². The molecule has 0 aliphatic heterocycles. The van der Waals surface area contributed by atoms with Gasteiger partial charge in [-0.3, -0.25) is 9.97 Å². The highest BCUT2D eigenvalue weighted by Crippen LogP contribution is 2.22. The molecule has 0 saturated carbocycles. The molecule has 7 heteroatoms. The Morgan fingerprint density at radius 3 is 2.90 bits per heavy atom. The van der Waals surface area contributed by atoms with Gasteiger partial charge in [0.05, 0.1) is 18.1 Å².